The molecule has 5 heteroatoms. The zero-order valence-electron chi connectivity index (χ0n) is 9.49. The van der Waals surface area contributed by atoms with E-state index in [2.05, 4.69) is 20.5 Å². The van der Waals surface area contributed by atoms with Crippen LogP contribution in [-0.4, -0.2) is 48.0 Å². The number of hydrogen-bond donors (Lipinski definition) is 3. The first-order chi connectivity index (χ1) is 7.77. The second-order valence-electron chi connectivity index (χ2n) is 4.03. The van der Waals surface area contributed by atoms with Crippen molar-refractivity contribution in [2.75, 3.05) is 31.5 Å². The van der Waals surface area contributed by atoms with Gasteiger partial charge in [0.05, 0.1) is 6.04 Å². The minimum absolute atomic E-state index is 0.0457. The van der Waals surface area contributed by atoms with Crippen LogP contribution in [0.3, 0.4) is 0 Å². The molecule has 1 aromatic heterocycles. The van der Waals surface area contributed by atoms with Gasteiger partial charge in [-0.2, -0.15) is 0 Å². The summed E-state index contributed by atoms with van der Waals surface area (Å²) in [7, 11) is 0. The molecule has 2 heterocycles. The van der Waals surface area contributed by atoms with E-state index in [4.69, 9.17) is 0 Å². The Morgan fingerprint density at radius 2 is 2.25 bits per heavy atom. The number of aromatic amines is 1. The van der Waals surface area contributed by atoms with E-state index in [0.717, 1.165) is 32.0 Å². The Bertz CT molecular complexity index is 330. The van der Waals surface area contributed by atoms with Crippen molar-refractivity contribution >= 4 is 11.7 Å². The lowest BCUT2D eigenvalue weighted by Crippen LogP contribution is -2.51. The summed E-state index contributed by atoms with van der Waals surface area (Å²) >= 11 is 0. The molecule has 1 saturated heterocycles. The lowest BCUT2D eigenvalue weighted by Gasteiger charge is -2.31. The highest BCUT2D eigenvalue weighted by Crippen LogP contribution is 2.06. The summed E-state index contributed by atoms with van der Waals surface area (Å²) in [6, 6.07) is 3.64. The maximum Gasteiger partial charge on any atom is 0.242 e. The molecule has 1 aliphatic heterocycles. The second kappa shape index (κ2) is 5.14. The zero-order chi connectivity index (χ0) is 11.4. The van der Waals surface area contributed by atoms with Crippen molar-refractivity contribution in [1.29, 1.82) is 0 Å². The molecule has 1 atom stereocenters. The minimum Gasteiger partial charge on any atom is -0.348 e. The molecule has 1 amide bonds. The standard InChI is InChI=1S/C11H18N4O/c1-9(15-7-5-12-6-8-15)11(16)14-10-3-2-4-13-10/h2-4,9,12-13H,5-8H2,1H3,(H,14,16). The van der Waals surface area contributed by atoms with Gasteiger partial charge in [-0.05, 0) is 19.1 Å². The van der Waals surface area contributed by atoms with Crippen molar-refractivity contribution in [2.24, 2.45) is 0 Å². The SMILES string of the molecule is CC(C(=O)Nc1ccc[nH]1)N1CCNCC1. The molecule has 1 aliphatic rings. The molecule has 0 radical (unpaired) electrons. The van der Waals surface area contributed by atoms with Gasteiger partial charge in [-0.1, -0.05) is 0 Å². The molecule has 1 unspecified atom stereocenters. The molecule has 16 heavy (non-hydrogen) atoms. The lowest BCUT2D eigenvalue weighted by atomic mass is 10.2. The molecule has 3 N–H and O–H groups in total. The van der Waals surface area contributed by atoms with E-state index in [1.54, 1.807) is 6.20 Å². The molecule has 2 rings (SSSR count). The van der Waals surface area contributed by atoms with E-state index in [9.17, 15) is 4.79 Å². The summed E-state index contributed by atoms with van der Waals surface area (Å²) in [6.45, 7) is 5.72. The third kappa shape index (κ3) is 2.62. The van der Waals surface area contributed by atoms with Gasteiger partial charge in [0, 0.05) is 32.4 Å². The molecule has 0 aliphatic carbocycles. The van der Waals surface area contributed by atoms with Gasteiger partial charge in [0.25, 0.3) is 0 Å². The van der Waals surface area contributed by atoms with Gasteiger partial charge in [-0.25, -0.2) is 0 Å². The highest BCUT2D eigenvalue weighted by molar-refractivity contribution is 5.93. The third-order valence-corrected chi connectivity index (χ3v) is 2.93. The van der Waals surface area contributed by atoms with Crippen LogP contribution >= 0.6 is 0 Å². The maximum absolute atomic E-state index is 11.9. The molecule has 0 spiro atoms. The van der Waals surface area contributed by atoms with Crippen molar-refractivity contribution in [3.63, 3.8) is 0 Å². The highest BCUT2D eigenvalue weighted by atomic mass is 16.2. The molecule has 88 valence electrons. The van der Waals surface area contributed by atoms with Crippen LogP contribution in [0, 0.1) is 0 Å². The van der Waals surface area contributed by atoms with E-state index < -0.39 is 0 Å². The Balaban J connectivity index is 1.88. The van der Waals surface area contributed by atoms with Gasteiger partial charge in [0.1, 0.15) is 5.82 Å². The molecule has 0 saturated carbocycles. The first kappa shape index (κ1) is 11.2. The number of hydrogen-bond acceptors (Lipinski definition) is 3. The highest BCUT2D eigenvalue weighted by Gasteiger charge is 2.22. The topological polar surface area (TPSA) is 60.2 Å². The Morgan fingerprint density at radius 3 is 2.88 bits per heavy atom. The number of amides is 1. The van der Waals surface area contributed by atoms with Crippen molar-refractivity contribution in [1.82, 2.24) is 15.2 Å². The average molecular weight is 222 g/mol. The first-order valence-corrected chi connectivity index (χ1v) is 5.66. The van der Waals surface area contributed by atoms with Gasteiger partial charge in [-0.15, -0.1) is 0 Å². The van der Waals surface area contributed by atoms with E-state index in [0.29, 0.717) is 0 Å². The largest absolute Gasteiger partial charge is 0.348 e. The number of aromatic nitrogens is 1. The zero-order valence-corrected chi connectivity index (χ0v) is 9.49. The van der Waals surface area contributed by atoms with Gasteiger partial charge in [-0.3, -0.25) is 9.69 Å². The maximum atomic E-state index is 11.9. The number of carbonyl (C=O) groups excluding carboxylic acids is 1. The fourth-order valence-electron chi connectivity index (χ4n) is 1.88. The summed E-state index contributed by atoms with van der Waals surface area (Å²) in [6.07, 6.45) is 1.80. The second-order valence-corrected chi connectivity index (χ2v) is 4.03. The third-order valence-electron chi connectivity index (χ3n) is 2.93. The van der Waals surface area contributed by atoms with Crippen LogP contribution in [0.1, 0.15) is 6.92 Å². The lowest BCUT2D eigenvalue weighted by molar-refractivity contribution is -0.121. The number of rotatable bonds is 3. The Morgan fingerprint density at radius 1 is 1.50 bits per heavy atom. The number of carbonyl (C=O) groups is 1. The Kier molecular flexibility index (Phi) is 3.58. The van der Waals surface area contributed by atoms with E-state index in [1.807, 2.05) is 19.1 Å². The minimum atomic E-state index is -0.0783. The van der Waals surface area contributed by atoms with Crippen molar-refractivity contribution < 1.29 is 4.79 Å². The van der Waals surface area contributed by atoms with E-state index in [-0.39, 0.29) is 11.9 Å². The van der Waals surface area contributed by atoms with Gasteiger partial charge in [0.2, 0.25) is 5.91 Å². The Labute approximate surface area is 95.2 Å². The van der Waals surface area contributed by atoms with Gasteiger partial charge >= 0.3 is 0 Å². The summed E-state index contributed by atoms with van der Waals surface area (Å²) in [4.78, 5) is 17.1. The molecule has 0 bridgehead atoms. The molecule has 1 aromatic rings. The number of nitrogens with one attached hydrogen (secondary N) is 3. The summed E-state index contributed by atoms with van der Waals surface area (Å²) in [5.41, 5.74) is 0. The monoisotopic (exact) mass is 222 g/mol. The quantitative estimate of drug-likeness (QED) is 0.687. The van der Waals surface area contributed by atoms with Crippen LogP contribution in [0.5, 0.6) is 0 Å². The number of piperazine rings is 1. The van der Waals surface area contributed by atoms with Gasteiger partial charge < -0.3 is 15.6 Å². The number of nitrogens with zero attached hydrogens (tertiary/aromatic N) is 1. The van der Waals surface area contributed by atoms with E-state index >= 15 is 0 Å². The Hall–Kier alpha value is -1.33. The number of H-pyrrole nitrogens is 1. The smallest absolute Gasteiger partial charge is 0.242 e. The fraction of sp³-hybridized carbons (Fsp3) is 0.545. The average Bonchev–Trinajstić information content (AvgIpc) is 2.82. The molecular formula is C11H18N4O. The van der Waals surface area contributed by atoms with Crippen LogP contribution in [0.4, 0.5) is 5.82 Å². The summed E-state index contributed by atoms with van der Waals surface area (Å²) in [5.74, 6) is 0.802. The fourth-order valence-corrected chi connectivity index (χ4v) is 1.88. The van der Waals surface area contributed by atoms with Crippen molar-refractivity contribution in [2.45, 2.75) is 13.0 Å². The van der Waals surface area contributed by atoms with Crippen LogP contribution in [0.15, 0.2) is 18.3 Å². The molecule has 5 nitrogen and oxygen atoms in total. The van der Waals surface area contributed by atoms with Crippen molar-refractivity contribution in [3.05, 3.63) is 18.3 Å². The van der Waals surface area contributed by atoms with E-state index in [1.165, 1.54) is 0 Å². The van der Waals surface area contributed by atoms with Crippen LogP contribution in [0.25, 0.3) is 0 Å². The van der Waals surface area contributed by atoms with Crippen molar-refractivity contribution in [3.8, 4) is 0 Å². The molecule has 0 aromatic carbocycles. The predicted molar refractivity (Wildman–Crippen MR) is 63.3 cm³/mol. The predicted octanol–water partition coefficient (Wildman–Crippen LogP) is 0.247. The van der Waals surface area contributed by atoms with Crippen LogP contribution < -0.4 is 10.6 Å². The van der Waals surface area contributed by atoms with Gasteiger partial charge in [0.15, 0.2) is 0 Å². The summed E-state index contributed by atoms with van der Waals surface area (Å²) < 4.78 is 0. The van der Waals surface area contributed by atoms with Crippen LogP contribution in [-0.2, 0) is 4.79 Å². The normalized spacial score (nSPS) is 19.3. The number of anilines is 1. The van der Waals surface area contributed by atoms with Crippen LogP contribution in [0.2, 0.25) is 0 Å². The molecule has 1 fully saturated rings. The first-order valence-electron chi connectivity index (χ1n) is 5.66. The molecular weight excluding hydrogens is 204 g/mol. The summed E-state index contributed by atoms with van der Waals surface area (Å²) in [5, 5.41) is 6.14.